The molecule has 1 aromatic carbocycles. The molecule has 0 spiro atoms. The van der Waals surface area contributed by atoms with E-state index in [0.717, 1.165) is 5.56 Å². The summed E-state index contributed by atoms with van der Waals surface area (Å²) in [5.41, 5.74) is 1.94. The van der Waals surface area contributed by atoms with Gasteiger partial charge in [-0.3, -0.25) is 4.79 Å². The molecule has 80 valence electrons. The molecule has 16 heavy (non-hydrogen) atoms. The van der Waals surface area contributed by atoms with Crippen LogP contribution >= 0.6 is 23.2 Å². The zero-order valence-corrected chi connectivity index (χ0v) is 9.66. The average molecular weight is 252 g/mol. The first-order chi connectivity index (χ1) is 7.68. The van der Waals surface area contributed by atoms with Crippen LogP contribution in [0.1, 0.15) is 10.4 Å². The van der Waals surface area contributed by atoms with E-state index in [-0.39, 0.29) is 5.15 Å². The summed E-state index contributed by atoms with van der Waals surface area (Å²) in [6.45, 7) is 0. The molecular formula is C12H7Cl2NO. The van der Waals surface area contributed by atoms with Crippen molar-refractivity contribution in [3.05, 3.63) is 53.3 Å². The third-order valence-electron chi connectivity index (χ3n) is 2.17. The SMILES string of the molecule is O=C(Cl)c1cc(Cl)ncc1-c1ccccc1. The van der Waals surface area contributed by atoms with Gasteiger partial charge in [0.15, 0.2) is 0 Å². The van der Waals surface area contributed by atoms with Crippen molar-refractivity contribution in [2.75, 3.05) is 0 Å². The van der Waals surface area contributed by atoms with Gasteiger partial charge in [0.25, 0.3) is 5.24 Å². The minimum atomic E-state index is -0.539. The summed E-state index contributed by atoms with van der Waals surface area (Å²) in [5.74, 6) is 0. The number of aromatic nitrogens is 1. The second-order valence-electron chi connectivity index (χ2n) is 3.19. The van der Waals surface area contributed by atoms with Crippen molar-refractivity contribution < 1.29 is 4.79 Å². The molecule has 0 aliphatic heterocycles. The Kier molecular flexibility index (Phi) is 3.22. The van der Waals surface area contributed by atoms with Gasteiger partial charge in [-0.15, -0.1) is 0 Å². The number of rotatable bonds is 2. The van der Waals surface area contributed by atoms with Crippen LogP contribution in [0.2, 0.25) is 5.15 Å². The number of nitrogens with zero attached hydrogens (tertiary/aromatic N) is 1. The Balaban J connectivity index is 2.61. The lowest BCUT2D eigenvalue weighted by Gasteiger charge is -2.05. The first-order valence-electron chi connectivity index (χ1n) is 4.59. The second kappa shape index (κ2) is 4.64. The summed E-state index contributed by atoms with van der Waals surface area (Å²) in [6, 6.07) is 10.9. The highest BCUT2D eigenvalue weighted by Gasteiger charge is 2.11. The molecule has 0 radical (unpaired) electrons. The Hall–Kier alpha value is -1.38. The van der Waals surface area contributed by atoms with Gasteiger partial charge in [0.2, 0.25) is 0 Å². The first-order valence-corrected chi connectivity index (χ1v) is 5.35. The lowest BCUT2D eigenvalue weighted by atomic mass is 10.0. The maximum absolute atomic E-state index is 11.3. The van der Waals surface area contributed by atoms with Gasteiger partial charge in [0, 0.05) is 17.3 Å². The van der Waals surface area contributed by atoms with Gasteiger partial charge in [-0.2, -0.15) is 0 Å². The number of hydrogen-bond donors (Lipinski definition) is 0. The number of halogens is 2. The van der Waals surface area contributed by atoms with Crippen LogP contribution in [0.3, 0.4) is 0 Å². The maximum atomic E-state index is 11.3. The lowest BCUT2D eigenvalue weighted by Crippen LogP contribution is -1.95. The first kappa shape index (κ1) is 11.1. The third-order valence-corrected chi connectivity index (χ3v) is 2.58. The molecule has 0 saturated heterocycles. The van der Waals surface area contributed by atoms with E-state index in [2.05, 4.69) is 4.98 Å². The summed E-state index contributed by atoms with van der Waals surface area (Å²) in [7, 11) is 0. The minimum Gasteiger partial charge on any atom is -0.276 e. The highest BCUT2D eigenvalue weighted by Crippen LogP contribution is 2.25. The number of carbonyl (C=O) groups excluding carboxylic acids is 1. The van der Waals surface area contributed by atoms with Crippen molar-refractivity contribution in [3.63, 3.8) is 0 Å². The molecule has 0 atom stereocenters. The van der Waals surface area contributed by atoms with E-state index < -0.39 is 5.24 Å². The molecule has 0 N–H and O–H groups in total. The lowest BCUT2D eigenvalue weighted by molar-refractivity contribution is 0.108. The fourth-order valence-corrected chi connectivity index (χ4v) is 1.75. The fraction of sp³-hybridized carbons (Fsp3) is 0. The van der Waals surface area contributed by atoms with Crippen LogP contribution in [0.25, 0.3) is 11.1 Å². The van der Waals surface area contributed by atoms with E-state index in [1.807, 2.05) is 30.3 Å². The van der Waals surface area contributed by atoms with Crippen molar-refractivity contribution in [2.45, 2.75) is 0 Å². The van der Waals surface area contributed by atoms with Crippen molar-refractivity contribution >= 4 is 28.4 Å². The standard InChI is InChI=1S/C12H7Cl2NO/c13-11-6-9(12(14)16)10(7-15-11)8-4-2-1-3-5-8/h1-7H. The zero-order chi connectivity index (χ0) is 11.5. The van der Waals surface area contributed by atoms with Crippen molar-refractivity contribution in [1.82, 2.24) is 4.98 Å². The Labute approximate surface area is 103 Å². The molecular weight excluding hydrogens is 245 g/mol. The van der Waals surface area contributed by atoms with Gasteiger partial charge in [0.1, 0.15) is 5.15 Å². The Morgan fingerprint density at radius 3 is 2.50 bits per heavy atom. The number of pyridine rings is 1. The molecule has 1 aromatic heterocycles. The number of benzene rings is 1. The monoisotopic (exact) mass is 251 g/mol. The van der Waals surface area contributed by atoms with Crippen LogP contribution in [-0.2, 0) is 0 Å². The van der Waals surface area contributed by atoms with Gasteiger partial charge in [-0.1, -0.05) is 41.9 Å². The minimum absolute atomic E-state index is 0.253. The predicted molar refractivity (Wildman–Crippen MR) is 64.9 cm³/mol. The largest absolute Gasteiger partial charge is 0.276 e. The smallest absolute Gasteiger partial charge is 0.253 e. The van der Waals surface area contributed by atoms with Crippen LogP contribution in [0.5, 0.6) is 0 Å². The summed E-state index contributed by atoms with van der Waals surface area (Å²) >= 11 is 11.2. The molecule has 0 aliphatic carbocycles. The molecule has 0 amide bonds. The van der Waals surface area contributed by atoms with E-state index in [1.165, 1.54) is 6.07 Å². The van der Waals surface area contributed by atoms with Gasteiger partial charge < -0.3 is 0 Å². The maximum Gasteiger partial charge on any atom is 0.253 e. The normalized spacial score (nSPS) is 10.1. The topological polar surface area (TPSA) is 30.0 Å². The molecule has 2 rings (SSSR count). The summed E-state index contributed by atoms with van der Waals surface area (Å²) < 4.78 is 0. The Morgan fingerprint density at radius 2 is 1.88 bits per heavy atom. The van der Waals surface area contributed by atoms with E-state index in [4.69, 9.17) is 23.2 Å². The van der Waals surface area contributed by atoms with Crippen LogP contribution in [-0.4, -0.2) is 10.2 Å². The molecule has 0 bridgehead atoms. The van der Waals surface area contributed by atoms with E-state index in [1.54, 1.807) is 6.20 Å². The summed E-state index contributed by atoms with van der Waals surface area (Å²) in [6.07, 6.45) is 1.55. The van der Waals surface area contributed by atoms with Gasteiger partial charge in [-0.25, -0.2) is 4.98 Å². The van der Waals surface area contributed by atoms with Gasteiger partial charge >= 0.3 is 0 Å². The number of carbonyl (C=O) groups is 1. The highest BCUT2D eigenvalue weighted by atomic mass is 35.5. The summed E-state index contributed by atoms with van der Waals surface area (Å²) in [4.78, 5) is 15.2. The molecule has 1 heterocycles. The van der Waals surface area contributed by atoms with Crippen LogP contribution in [0, 0.1) is 0 Å². The molecule has 0 unspecified atom stereocenters. The summed E-state index contributed by atoms with van der Waals surface area (Å²) in [5, 5.41) is -0.285. The van der Waals surface area contributed by atoms with Crippen LogP contribution in [0.15, 0.2) is 42.6 Å². The molecule has 0 saturated carbocycles. The van der Waals surface area contributed by atoms with Crippen molar-refractivity contribution in [2.24, 2.45) is 0 Å². The van der Waals surface area contributed by atoms with Crippen LogP contribution < -0.4 is 0 Å². The van der Waals surface area contributed by atoms with Gasteiger partial charge in [-0.05, 0) is 23.2 Å². The average Bonchev–Trinajstić information content (AvgIpc) is 2.30. The number of hydrogen-bond acceptors (Lipinski definition) is 2. The fourth-order valence-electron chi connectivity index (χ4n) is 1.44. The Morgan fingerprint density at radius 1 is 1.19 bits per heavy atom. The molecule has 4 heteroatoms. The molecule has 2 nitrogen and oxygen atoms in total. The highest BCUT2D eigenvalue weighted by molar-refractivity contribution is 6.68. The zero-order valence-electron chi connectivity index (χ0n) is 8.15. The van der Waals surface area contributed by atoms with Gasteiger partial charge in [0.05, 0.1) is 0 Å². The van der Waals surface area contributed by atoms with Crippen molar-refractivity contribution in [1.29, 1.82) is 0 Å². The predicted octanol–water partition coefficient (Wildman–Crippen LogP) is 3.78. The van der Waals surface area contributed by atoms with Crippen LogP contribution in [0.4, 0.5) is 0 Å². The Bertz CT molecular complexity index is 526. The second-order valence-corrected chi connectivity index (χ2v) is 3.92. The van der Waals surface area contributed by atoms with Crippen molar-refractivity contribution in [3.8, 4) is 11.1 Å². The molecule has 2 aromatic rings. The molecule has 0 fully saturated rings. The quantitative estimate of drug-likeness (QED) is 0.601. The molecule has 0 aliphatic rings. The van der Waals surface area contributed by atoms with E-state index >= 15 is 0 Å². The third kappa shape index (κ3) is 2.23. The van der Waals surface area contributed by atoms with E-state index in [9.17, 15) is 4.79 Å². The van der Waals surface area contributed by atoms with E-state index in [0.29, 0.717) is 11.1 Å².